The maximum atomic E-state index is 12.5. The molecule has 1 heterocycles. The number of carbonyl (C=O) groups excluding carboxylic acids is 1. The number of rotatable bonds is 5. The molecule has 0 aromatic heterocycles. The summed E-state index contributed by atoms with van der Waals surface area (Å²) in [6, 6.07) is 0.242. The van der Waals surface area contributed by atoms with Gasteiger partial charge in [-0.25, -0.2) is 13.2 Å². The Morgan fingerprint density at radius 3 is 2.46 bits per heavy atom. The van der Waals surface area contributed by atoms with E-state index >= 15 is 0 Å². The minimum absolute atomic E-state index is 0.122. The Hall–Kier alpha value is -1.51. The van der Waals surface area contributed by atoms with E-state index in [4.69, 9.17) is 4.74 Å². The fourth-order valence-corrected chi connectivity index (χ4v) is 4.51. The van der Waals surface area contributed by atoms with Crippen molar-refractivity contribution >= 4 is 21.9 Å². The lowest BCUT2D eigenvalue weighted by molar-refractivity contribution is 0.0240. The number of amides is 1. The van der Waals surface area contributed by atoms with Gasteiger partial charge < -0.3 is 19.9 Å². The van der Waals surface area contributed by atoms with Crippen LogP contribution in [-0.2, 0) is 14.6 Å². The van der Waals surface area contributed by atoms with Crippen molar-refractivity contribution in [3.05, 3.63) is 0 Å². The van der Waals surface area contributed by atoms with Gasteiger partial charge in [0, 0.05) is 32.2 Å². The molecule has 0 aromatic rings. The molecule has 2 fully saturated rings. The number of hydrogen-bond donors (Lipinski definition) is 1. The van der Waals surface area contributed by atoms with E-state index in [0.29, 0.717) is 38.7 Å². The number of hydrogen-bond acceptors (Lipinski definition) is 5. The van der Waals surface area contributed by atoms with Gasteiger partial charge in [0.15, 0.2) is 15.8 Å². The van der Waals surface area contributed by atoms with Crippen LogP contribution in [0.5, 0.6) is 0 Å². The van der Waals surface area contributed by atoms with Crippen LogP contribution in [0.3, 0.4) is 0 Å². The third-order valence-corrected chi connectivity index (χ3v) is 7.43. The maximum Gasteiger partial charge on any atom is 0.410 e. The zero-order chi connectivity index (χ0) is 21.2. The maximum absolute atomic E-state index is 12.5. The average molecular weight is 417 g/mol. The standard InChI is InChI=1S/C19H36N4O4S/c1-7-20-16(22-12-13-28(25,26)19(5,6)14-22)21-10-11-23(15-8-9-15)17(24)27-18(2,3)4/h15H,7-14H2,1-6H3,(H,20,21). The lowest BCUT2D eigenvalue weighted by atomic mass is 10.2. The van der Waals surface area contributed by atoms with Crippen molar-refractivity contribution in [2.24, 2.45) is 4.99 Å². The number of sulfone groups is 1. The molecule has 28 heavy (non-hydrogen) atoms. The Labute approximate surface area is 169 Å². The summed E-state index contributed by atoms with van der Waals surface area (Å²) >= 11 is 0. The van der Waals surface area contributed by atoms with Gasteiger partial charge in [0.25, 0.3) is 0 Å². The molecule has 1 saturated carbocycles. The van der Waals surface area contributed by atoms with E-state index in [2.05, 4.69) is 10.3 Å². The zero-order valence-corrected chi connectivity index (χ0v) is 18.9. The van der Waals surface area contributed by atoms with E-state index in [9.17, 15) is 13.2 Å². The molecule has 9 heteroatoms. The second-order valence-electron chi connectivity index (χ2n) is 9.14. The summed E-state index contributed by atoms with van der Waals surface area (Å²) in [7, 11) is -3.10. The summed E-state index contributed by atoms with van der Waals surface area (Å²) in [5.41, 5.74) is -0.521. The van der Waals surface area contributed by atoms with E-state index in [1.54, 1.807) is 18.7 Å². The SMILES string of the molecule is CCNC(=NCCN(C(=O)OC(C)(C)C)C1CC1)N1CCS(=O)(=O)C(C)(C)C1. The monoisotopic (exact) mass is 416 g/mol. The molecule has 8 nitrogen and oxygen atoms in total. The number of nitrogens with one attached hydrogen (secondary N) is 1. The highest BCUT2D eigenvalue weighted by atomic mass is 32.2. The van der Waals surface area contributed by atoms with Crippen LogP contribution in [0.15, 0.2) is 4.99 Å². The molecule has 0 bridgehead atoms. The normalized spacial score (nSPS) is 21.9. The molecule has 0 spiro atoms. The predicted molar refractivity (Wildman–Crippen MR) is 111 cm³/mol. The Balaban J connectivity index is 2.03. The van der Waals surface area contributed by atoms with Crippen LogP contribution in [0.25, 0.3) is 0 Å². The molecule has 162 valence electrons. The smallest absolute Gasteiger partial charge is 0.410 e. The Kier molecular flexibility index (Phi) is 6.89. The molecule has 2 aliphatic rings. The minimum Gasteiger partial charge on any atom is -0.444 e. The molecule has 0 aromatic carbocycles. The van der Waals surface area contributed by atoms with Crippen LogP contribution < -0.4 is 5.32 Å². The molecule has 0 radical (unpaired) electrons. The summed E-state index contributed by atoms with van der Waals surface area (Å²) in [4.78, 5) is 20.9. The third kappa shape index (κ3) is 5.99. The second kappa shape index (κ2) is 8.47. The highest BCUT2D eigenvalue weighted by molar-refractivity contribution is 7.92. The largest absolute Gasteiger partial charge is 0.444 e. The number of ether oxygens (including phenoxy) is 1. The Bertz CT molecular complexity index is 693. The lowest BCUT2D eigenvalue weighted by Crippen LogP contribution is -2.57. The first-order valence-corrected chi connectivity index (χ1v) is 11.8. The number of guanidine groups is 1. The molecule has 0 unspecified atom stereocenters. The van der Waals surface area contributed by atoms with Crippen molar-refractivity contribution in [2.45, 2.75) is 70.8 Å². The van der Waals surface area contributed by atoms with E-state index in [1.807, 2.05) is 32.6 Å². The molecule has 1 aliphatic heterocycles. The lowest BCUT2D eigenvalue weighted by Gasteiger charge is -2.39. The van der Waals surface area contributed by atoms with Gasteiger partial charge in [-0.3, -0.25) is 4.99 Å². The molecule has 1 aliphatic carbocycles. The van der Waals surface area contributed by atoms with Gasteiger partial charge in [0.2, 0.25) is 0 Å². The van der Waals surface area contributed by atoms with Crippen LogP contribution >= 0.6 is 0 Å². The van der Waals surface area contributed by atoms with Crippen LogP contribution in [0, 0.1) is 0 Å². The van der Waals surface area contributed by atoms with Crippen molar-refractivity contribution in [1.29, 1.82) is 0 Å². The third-order valence-electron chi connectivity index (χ3n) is 4.90. The summed E-state index contributed by atoms with van der Waals surface area (Å²) in [5.74, 6) is 0.821. The van der Waals surface area contributed by atoms with Crippen molar-refractivity contribution in [3.8, 4) is 0 Å². The fraction of sp³-hybridized carbons (Fsp3) is 0.895. The van der Waals surface area contributed by atoms with Crippen LogP contribution in [0.1, 0.15) is 54.4 Å². The van der Waals surface area contributed by atoms with Gasteiger partial charge in [-0.1, -0.05) is 0 Å². The number of nitrogens with zero attached hydrogens (tertiary/aromatic N) is 3. The summed E-state index contributed by atoms with van der Waals surface area (Å²) in [5, 5.41) is 3.25. The topological polar surface area (TPSA) is 91.3 Å². The minimum atomic E-state index is -3.10. The quantitative estimate of drug-likeness (QED) is 0.543. The highest BCUT2D eigenvalue weighted by Crippen LogP contribution is 2.28. The summed E-state index contributed by atoms with van der Waals surface area (Å²) < 4.78 is 29.2. The first kappa shape index (κ1) is 22.8. The van der Waals surface area contributed by atoms with E-state index in [1.165, 1.54) is 0 Å². The Morgan fingerprint density at radius 2 is 1.96 bits per heavy atom. The molecular formula is C19H36N4O4S. The number of carbonyl (C=O) groups is 1. The van der Waals surface area contributed by atoms with Gasteiger partial charge in [0.05, 0.1) is 17.0 Å². The van der Waals surface area contributed by atoms with Crippen LogP contribution in [0.2, 0.25) is 0 Å². The fourth-order valence-electron chi connectivity index (χ4n) is 3.14. The number of aliphatic imine (C=N–C) groups is 1. The second-order valence-corrected chi connectivity index (χ2v) is 11.9. The van der Waals surface area contributed by atoms with Crippen LogP contribution in [0.4, 0.5) is 4.79 Å². The zero-order valence-electron chi connectivity index (χ0n) is 18.1. The van der Waals surface area contributed by atoms with Crippen LogP contribution in [-0.4, -0.2) is 85.1 Å². The van der Waals surface area contributed by atoms with Crippen molar-refractivity contribution in [3.63, 3.8) is 0 Å². The van der Waals surface area contributed by atoms with Crippen molar-refractivity contribution in [2.75, 3.05) is 38.5 Å². The average Bonchev–Trinajstić information content (AvgIpc) is 3.36. The molecular weight excluding hydrogens is 380 g/mol. The highest BCUT2D eigenvalue weighted by Gasteiger charge is 2.41. The van der Waals surface area contributed by atoms with Gasteiger partial charge in [-0.05, 0) is 54.4 Å². The molecule has 2 rings (SSSR count). The van der Waals surface area contributed by atoms with E-state index < -0.39 is 20.2 Å². The van der Waals surface area contributed by atoms with Gasteiger partial charge in [0.1, 0.15) is 5.60 Å². The summed E-state index contributed by atoms with van der Waals surface area (Å²) in [6.07, 6.45) is 1.71. The summed E-state index contributed by atoms with van der Waals surface area (Å²) in [6.45, 7) is 13.6. The van der Waals surface area contributed by atoms with E-state index in [0.717, 1.165) is 12.8 Å². The predicted octanol–water partition coefficient (Wildman–Crippen LogP) is 1.86. The Morgan fingerprint density at radius 1 is 1.32 bits per heavy atom. The first-order valence-electron chi connectivity index (χ1n) is 10.1. The molecule has 1 saturated heterocycles. The van der Waals surface area contributed by atoms with Crippen molar-refractivity contribution < 1.29 is 17.9 Å². The molecule has 1 N–H and O–H groups in total. The van der Waals surface area contributed by atoms with Gasteiger partial charge >= 0.3 is 6.09 Å². The van der Waals surface area contributed by atoms with E-state index in [-0.39, 0.29) is 17.9 Å². The first-order chi connectivity index (χ1) is 12.9. The van der Waals surface area contributed by atoms with Gasteiger partial charge in [-0.15, -0.1) is 0 Å². The molecule has 1 amide bonds. The van der Waals surface area contributed by atoms with Crippen molar-refractivity contribution in [1.82, 2.24) is 15.1 Å². The molecule has 0 atom stereocenters. The van der Waals surface area contributed by atoms with Gasteiger partial charge in [-0.2, -0.15) is 0 Å².